The summed E-state index contributed by atoms with van der Waals surface area (Å²) in [6, 6.07) is 2.01. The number of nitrogens with one attached hydrogen (secondary N) is 1. The molecular formula is C11H18N2O2S3. The van der Waals surface area contributed by atoms with Crippen molar-refractivity contribution < 1.29 is 8.42 Å². The minimum absolute atomic E-state index is 0.0203. The van der Waals surface area contributed by atoms with E-state index in [1.54, 1.807) is 18.3 Å². The number of hydrogen-bond acceptors (Lipinski definition) is 4. The highest BCUT2D eigenvalue weighted by Crippen LogP contribution is 2.17. The predicted octanol–water partition coefficient (Wildman–Crippen LogP) is 1.79. The molecule has 1 aromatic rings. The van der Waals surface area contributed by atoms with E-state index in [0.29, 0.717) is 13.0 Å². The van der Waals surface area contributed by atoms with E-state index in [1.807, 2.05) is 18.4 Å². The Bertz CT molecular complexity index is 508. The van der Waals surface area contributed by atoms with Crippen LogP contribution in [0.25, 0.3) is 0 Å². The second-order valence-corrected chi connectivity index (χ2v) is 7.31. The fourth-order valence-electron chi connectivity index (χ4n) is 1.68. The average Bonchev–Trinajstić information content (AvgIpc) is 2.73. The van der Waals surface area contributed by atoms with Gasteiger partial charge in [0.15, 0.2) is 0 Å². The zero-order valence-electron chi connectivity index (χ0n) is 10.5. The monoisotopic (exact) mass is 306 g/mol. The second kappa shape index (κ2) is 6.60. The van der Waals surface area contributed by atoms with Crippen LogP contribution in [-0.2, 0) is 23.0 Å². The SMILES string of the molecule is CCc1ccsc1CNS(=O)(=O)C(CC)C(N)=S. The summed E-state index contributed by atoms with van der Waals surface area (Å²) in [6.07, 6.45) is 1.28. The molecule has 0 spiro atoms. The lowest BCUT2D eigenvalue weighted by Gasteiger charge is -2.15. The van der Waals surface area contributed by atoms with Crippen molar-refractivity contribution in [3.63, 3.8) is 0 Å². The molecule has 1 rings (SSSR count). The Balaban J connectivity index is 2.76. The zero-order valence-corrected chi connectivity index (χ0v) is 12.9. The molecule has 0 radical (unpaired) electrons. The van der Waals surface area contributed by atoms with Gasteiger partial charge in [-0.25, -0.2) is 13.1 Å². The van der Waals surface area contributed by atoms with Gasteiger partial charge in [0.25, 0.3) is 0 Å². The summed E-state index contributed by atoms with van der Waals surface area (Å²) in [5.74, 6) is 0. The van der Waals surface area contributed by atoms with Crippen molar-refractivity contribution in [1.82, 2.24) is 4.72 Å². The molecule has 0 saturated heterocycles. The molecule has 0 aliphatic carbocycles. The van der Waals surface area contributed by atoms with Gasteiger partial charge < -0.3 is 5.73 Å². The maximum Gasteiger partial charge on any atom is 0.221 e. The summed E-state index contributed by atoms with van der Waals surface area (Å²) >= 11 is 6.34. The minimum atomic E-state index is -3.48. The summed E-state index contributed by atoms with van der Waals surface area (Å²) < 4.78 is 26.6. The number of aryl methyl sites for hydroxylation is 1. The quantitative estimate of drug-likeness (QED) is 0.753. The van der Waals surface area contributed by atoms with Crippen molar-refractivity contribution in [3.05, 3.63) is 21.9 Å². The van der Waals surface area contributed by atoms with Crippen LogP contribution in [0.1, 0.15) is 30.7 Å². The lowest BCUT2D eigenvalue weighted by Crippen LogP contribution is -2.41. The standard InChI is InChI=1S/C11H18N2O2S3/c1-3-8-5-6-17-9(8)7-13-18(14,15)10(4-2)11(12)16/h5-6,10,13H,3-4,7H2,1-2H3,(H2,12,16). The normalized spacial score (nSPS) is 13.4. The van der Waals surface area contributed by atoms with E-state index in [9.17, 15) is 8.42 Å². The first-order valence-corrected chi connectivity index (χ1v) is 8.58. The number of sulfonamides is 1. The maximum atomic E-state index is 12.0. The van der Waals surface area contributed by atoms with E-state index >= 15 is 0 Å². The number of thiocarbonyl (C=S) groups is 1. The molecule has 7 heteroatoms. The molecule has 3 N–H and O–H groups in total. The van der Waals surface area contributed by atoms with Crippen molar-refractivity contribution in [3.8, 4) is 0 Å². The van der Waals surface area contributed by atoms with E-state index in [0.717, 1.165) is 11.3 Å². The smallest absolute Gasteiger partial charge is 0.221 e. The van der Waals surface area contributed by atoms with Crippen LogP contribution in [-0.4, -0.2) is 18.7 Å². The molecule has 0 fully saturated rings. The number of rotatable bonds is 7. The Hall–Kier alpha value is -0.500. The van der Waals surface area contributed by atoms with Gasteiger partial charge in [0.1, 0.15) is 5.25 Å². The summed E-state index contributed by atoms with van der Waals surface area (Å²) in [6.45, 7) is 4.11. The molecule has 102 valence electrons. The van der Waals surface area contributed by atoms with Crippen LogP contribution in [0.15, 0.2) is 11.4 Å². The highest BCUT2D eigenvalue weighted by atomic mass is 32.2. The largest absolute Gasteiger partial charge is 0.392 e. The van der Waals surface area contributed by atoms with Gasteiger partial charge in [0, 0.05) is 11.4 Å². The summed E-state index contributed by atoms with van der Waals surface area (Å²) in [7, 11) is -3.48. The summed E-state index contributed by atoms with van der Waals surface area (Å²) in [4.78, 5) is 1.06. The van der Waals surface area contributed by atoms with Crippen LogP contribution in [0.3, 0.4) is 0 Å². The molecule has 0 aliphatic rings. The zero-order chi connectivity index (χ0) is 13.8. The van der Waals surface area contributed by atoms with Gasteiger partial charge in [-0.1, -0.05) is 26.1 Å². The van der Waals surface area contributed by atoms with Crippen molar-refractivity contribution in [2.75, 3.05) is 0 Å². The molecule has 0 bridgehead atoms. The Labute approximate surface area is 118 Å². The Kier molecular flexibility index (Phi) is 5.71. The van der Waals surface area contributed by atoms with Gasteiger partial charge in [-0.2, -0.15) is 0 Å². The number of thiophene rings is 1. The third-order valence-corrected chi connectivity index (χ3v) is 6.00. The lowest BCUT2D eigenvalue weighted by atomic mass is 10.2. The fourth-order valence-corrected chi connectivity index (χ4v) is 4.52. The maximum absolute atomic E-state index is 12.0. The van der Waals surface area contributed by atoms with Crippen LogP contribution < -0.4 is 10.5 Å². The van der Waals surface area contributed by atoms with Gasteiger partial charge in [0.2, 0.25) is 10.0 Å². The summed E-state index contributed by atoms with van der Waals surface area (Å²) in [5.41, 5.74) is 6.63. The lowest BCUT2D eigenvalue weighted by molar-refractivity contribution is 0.574. The third-order valence-electron chi connectivity index (χ3n) is 2.72. The van der Waals surface area contributed by atoms with Crippen molar-refractivity contribution in [2.45, 2.75) is 38.5 Å². The number of hydrogen-bond donors (Lipinski definition) is 2. The van der Waals surface area contributed by atoms with Crippen molar-refractivity contribution in [2.24, 2.45) is 5.73 Å². The Morgan fingerprint density at radius 2 is 2.22 bits per heavy atom. The molecule has 1 aromatic heterocycles. The highest BCUT2D eigenvalue weighted by molar-refractivity contribution is 7.93. The van der Waals surface area contributed by atoms with Crippen molar-refractivity contribution in [1.29, 1.82) is 0 Å². The predicted molar refractivity (Wildman–Crippen MR) is 80.3 cm³/mol. The first-order chi connectivity index (χ1) is 8.42. The van der Waals surface area contributed by atoms with Gasteiger partial charge in [0.05, 0.1) is 4.99 Å². The van der Waals surface area contributed by atoms with Gasteiger partial charge in [-0.15, -0.1) is 11.3 Å². The molecule has 0 saturated carbocycles. The number of nitrogens with two attached hydrogens (primary N) is 1. The molecule has 0 aliphatic heterocycles. The van der Waals surface area contributed by atoms with Gasteiger partial charge in [-0.3, -0.25) is 0 Å². The molecular weight excluding hydrogens is 288 g/mol. The molecule has 18 heavy (non-hydrogen) atoms. The van der Waals surface area contributed by atoms with Crippen LogP contribution in [0.2, 0.25) is 0 Å². The molecule has 0 amide bonds. The van der Waals surface area contributed by atoms with E-state index < -0.39 is 15.3 Å². The molecule has 1 heterocycles. The second-order valence-electron chi connectivity index (χ2n) is 3.89. The van der Waals surface area contributed by atoms with E-state index in [2.05, 4.69) is 4.72 Å². The molecule has 1 atom stereocenters. The van der Waals surface area contributed by atoms with Gasteiger partial charge in [-0.05, 0) is 29.9 Å². The first-order valence-electron chi connectivity index (χ1n) is 5.75. The molecule has 0 aromatic carbocycles. The van der Waals surface area contributed by atoms with Crippen molar-refractivity contribution >= 4 is 38.6 Å². The first kappa shape index (κ1) is 15.6. The minimum Gasteiger partial charge on any atom is -0.392 e. The van der Waals surface area contributed by atoms with Crippen LogP contribution in [0.4, 0.5) is 0 Å². The summed E-state index contributed by atoms with van der Waals surface area (Å²) in [5, 5.41) is 1.17. The van der Waals surface area contributed by atoms with Crippen LogP contribution >= 0.6 is 23.6 Å². The van der Waals surface area contributed by atoms with Crippen LogP contribution in [0.5, 0.6) is 0 Å². The highest BCUT2D eigenvalue weighted by Gasteiger charge is 2.26. The average molecular weight is 306 g/mol. The van der Waals surface area contributed by atoms with Crippen LogP contribution in [0, 0.1) is 0 Å². The Morgan fingerprint density at radius 3 is 2.72 bits per heavy atom. The molecule has 1 unspecified atom stereocenters. The molecule has 4 nitrogen and oxygen atoms in total. The van der Waals surface area contributed by atoms with Gasteiger partial charge >= 0.3 is 0 Å². The van der Waals surface area contributed by atoms with E-state index in [4.69, 9.17) is 18.0 Å². The Morgan fingerprint density at radius 1 is 1.56 bits per heavy atom. The topological polar surface area (TPSA) is 72.2 Å². The third kappa shape index (κ3) is 3.74. The van der Waals surface area contributed by atoms with E-state index in [-0.39, 0.29) is 4.99 Å². The van der Waals surface area contributed by atoms with E-state index in [1.165, 1.54) is 5.56 Å². The fraction of sp³-hybridized carbons (Fsp3) is 0.545.